The van der Waals surface area contributed by atoms with Crippen molar-refractivity contribution >= 4 is 17.5 Å². The zero-order valence-electron chi connectivity index (χ0n) is 15.0. The van der Waals surface area contributed by atoms with Gasteiger partial charge in [-0.2, -0.15) is 0 Å². The van der Waals surface area contributed by atoms with E-state index in [1.165, 1.54) is 0 Å². The van der Waals surface area contributed by atoms with Gasteiger partial charge in [0.2, 0.25) is 5.91 Å². The largest absolute Gasteiger partial charge is 0.508 e. The molecule has 0 saturated carbocycles. The van der Waals surface area contributed by atoms with Crippen molar-refractivity contribution in [2.75, 3.05) is 13.1 Å². The van der Waals surface area contributed by atoms with Crippen LogP contribution < -0.4 is 5.32 Å². The van der Waals surface area contributed by atoms with Crippen LogP contribution >= 0.6 is 11.6 Å². The van der Waals surface area contributed by atoms with Crippen LogP contribution in [0.4, 0.5) is 0 Å². The number of rotatable bonds is 5. The molecule has 3 rings (SSSR count). The molecule has 5 heteroatoms. The number of hydrogen-bond donors (Lipinski definition) is 2. The topological polar surface area (TPSA) is 52.6 Å². The van der Waals surface area contributed by atoms with Crippen LogP contribution in [-0.2, 0) is 11.3 Å². The number of carbonyl (C=O) groups is 1. The van der Waals surface area contributed by atoms with Crippen molar-refractivity contribution in [1.29, 1.82) is 0 Å². The summed E-state index contributed by atoms with van der Waals surface area (Å²) in [4.78, 5) is 14.8. The molecule has 138 valence electrons. The van der Waals surface area contributed by atoms with E-state index in [0.29, 0.717) is 11.6 Å². The lowest BCUT2D eigenvalue weighted by Gasteiger charge is -2.32. The minimum atomic E-state index is 0.0186. The third-order valence-corrected chi connectivity index (χ3v) is 5.29. The Balaban J connectivity index is 1.50. The number of nitrogens with one attached hydrogen (secondary N) is 1. The van der Waals surface area contributed by atoms with Crippen molar-refractivity contribution in [1.82, 2.24) is 10.2 Å². The lowest BCUT2D eigenvalue weighted by Crippen LogP contribution is -2.40. The van der Waals surface area contributed by atoms with E-state index in [1.807, 2.05) is 37.3 Å². The van der Waals surface area contributed by atoms with Crippen molar-refractivity contribution < 1.29 is 9.90 Å². The van der Waals surface area contributed by atoms with E-state index in [0.717, 1.165) is 37.1 Å². The second-order valence-corrected chi connectivity index (χ2v) is 7.40. The average Bonchev–Trinajstić information content (AvgIpc) is 2.66. The fraction of sp³-hybridized carbons (Fsp3) is 0.381. The first-order valence-electron chi connectivity index (χ1n) is 9.08. The number of aromatic hydroxyl groups is 1. The normalized spacial score (nSPS) is 17.0. The molecule has 1 fully saturated rings. The number of likely N-dealkylation sites (tertiary alicyclic amines) is 1. The van der Waals surface area contributed by atoms with Gasteiger partial charge in [-0.1, -0.05) is 41.9 Å². The Hall–Kier alpha value is -2.04. The van der Waals surface area contributed by atoms with Crippen molar-refractivity contribution in [3.63, 3.8) is 0 Å². The first kappa shape index (κ1) is 18.7. The molecule has 1 aliphatic rings. The molecular formula is C21H25ClN2O2. The average molecular weight is 373 g/mol. The molecule has 2 N–H and O–H groups in total. The first-order valence-corrected chi connectivity index (χ1v) is 9.46. The first-order chi connectivity index (χ1) is 12.5. The van der Waals surface area contributed by atoms with Gasteiger partial charge >= 0.3 is 0 Å². The van der Waals surface area contributed by atoms with Gasteiger partial charge in [-0.05, 0) is 56.6 Å². The molecule has 1 heterocycles. The van der Waals surface area contributed by atoms with Gasteiger partial charge in [0.1, 0.15) is 5.75 Å². The molecule has 0 aliphatic carbocycles. The van der Waals surface area contributed by atoms with E-state index in [9.17, 15) is 9.90 Å². The molecule has 1 atom stereocenters. The number of carbonyl (C=O) groups excluding carboxylic acids is 1. The third-order valence-electron chi connectivity index (χ3n) is 5.05. The third kappa shape index (κ3) is 4.77. The van der Waals surface area contributed by atoms with E-state index < -0.39 is 0 Å². The molecule has 2 aromatic carbocycles. The van der Waals surface area contributed by atoms with Crippen LogP contribution in [0.25, 0.3) is 0 Å². The zero-order valence-corrected chi connectivity index (χ0v) is 15.7. The second-order valence-electron chi connectivity index (χ2n) is 6.96. The maximum atomic E-state index is 12.6. The lowest BCUT2D eigenvalue weighted by molar-refractivity contribution is -0.127. The van der Waals surface area contributed by atoms with Gasteiger partial charge in [0, 0.05) is 23.0 Å². The summed E-state index contributed by atoms with van der Waals surface area (Å²) in [6.07, 6.45) is 1.66. The summed E-state index contributed by atoms with van der Waals surface area (Å²) in [5.41, 5.74) is 1.95. The Morgan fingerprint density at radius 3 is 2.62 bits per heavy atom. The Labute approximate surface area is 159 Å². The smallest absolute Gasteiger partial charge is 0.223 e. The molecule has 26 heavy (non-hydrogen) atoms. The van der Waals surface area contributed by atoms with Crippen LogP contribution in [0.1, 0.15) is 36.9 Å². The summed E-state index contributed by atoms with van der Waals surface area (Å²) < 4.78 is 0. The minimum Gasteiger partial charge on any atom is -0.508 e. The predicted octanol–water partition coefficient (Wildman–Crippen LogP) is 4.14. The molecule has 0 bridgehead atoms. The Kier molecular flexibility index (Phi) is 6.17. The van der Waals surface area contributed by atoms with Crippen molar-refractivity contribution in [3.8, 4) is 5.75 Å². The molecule has 0 spiro atoms. The summed E-state index contributed by atoms with van der Waals surface area (Å²) in [5, 5.41) is 13.7. The van der Waals surface area contributed by atoms with Gasteiger partial charge in [0.05, 0.1) is 6.04 Å². The SMILES string of the molecule is C[C@@H](NC(=O)C1CCN(Cc2cc(Cl)ccc2O)CC1)c1ccccc1. The molecule has 0 aromatic heterocycles. The number of phenols is 1. The van der Waals surface area contributed by atoms with E-state index in [4.69, 9.17) is 11.6 Å². The molecule has 1 saturated heterocycles. The minimum absolute atomic E-state index is 0.0186. The fourth-order valence-electron chi connectivity index (χ4n) is 3.43. The molecule has 1 aliphatic heterocycles. The predicted molar refractivity (Wildman–Crippen MR) is 104 cm³/mol. The number of hydrogen-bond acceptors (Lipinski definition) is 3. The van der Waals surface area contributed by atoms with Gasteiger partial charge in [0.15, 0.2) is 0 Å². The van der Waals surface area contributed by atoms with Gasteiger partial charge in [-0.3, -0.25) is 9.69 Å². The molecule has 2 aromatic rings. The zero-order chi connectivity index (χ0) is 18.5. The van der Waals surface area contributed by atoms with Gasteiger partial charge in [-0.25, -0.2) is 0 Å². The van der Waals surface area contributed by atoms with Gasteiger partial charge < -0.3 is 10.4 Å². The Bertz CT molecular complexity index is 743. The van der Waals surface area contributed by atoms with Crippen molar-refractivity contribution in [2.24, 2.45) is 5.92 Å². The highest BCUT2D eigenvalue weighted by Gasteiger charge is 2.26. The van der Waals surface area contributed by atoms with Gasteiger partial charge in [0.25, 0.3) is 0 Å². The van der Waals surface area contributed by atoms with E-state index in [1.54, 1.807) is 18.2 Å². The molecule has 1 amide bonds. The summed E-state index contributed by atoms with van der Waals surface area (Å²) in [6.45, 7) is 4.35. The maximum absolute atomic E-state index is 12.6. The van der Waals surface area contributed by atoms with Crippen molar-refractivity contribution in [2.45, 2.75) is 32.4 Å². The number of amides is 1. The highest BCUT2D eigenvalue weighted by Crippen LogP contribution is 2.26. The Morgan fingerprint density at radius 2 is 1.92 bits per heavy atom. The molecule has 0 radical (unpaired) electrons. The molecule has 4 nitrogen and oxygen atoms in total. The number of benzene rings is 2. The maximum Gasteiger partial charge on any atom is 0.223 e. The van der Waals surface area contributed by atoms with Crippen LogP contribution in [0.5, 0.6) is 5.75 Å². The highest BCUT2D eigenvalue weighted by atomic mass is 35.5. The number of halogens is 1. The highest BCUT2D eigenvalue weighted by molar-refractivity contribution is 6.30. The van der Waals surface area contributed by atoms with Crippen LogP contribution in [0.3, 0.4) is 0 Å². The second kappa shape index (κ2) is 8.56. The van der Waals surface area contributed by atoms with E-state index in [2.05, 4.69) is 10.2 Å². The number of nitrogens with zero attached hydrogens (tertiary/aromatic N) is 1. The van der Waals surface area contributed by atoms with E-state index in [-0.39, 0.29) is 23.6 Å². The van der Waals surface area contributed by atoms with Crippen LogP contribution in [0.2, 0.25) is 5.02 Å². The standard InChI is InChI=1S/C21H25ClN2O2/c1-15(16-5-3-2-4-6-16)23-21(26)17-9-11-24(12-10-17)14-18-13-19(22)7-8-20(18)25/h2-8,13,15,17,25H,9-12,14H2,1H3,(H,23,26)/t15-/m1/s1. The van der Waals surface area contributed by atoms with Gasteiger partial charge in [-0.15, -0.1) is 0 Å². The summed E-state index contributed by atoms with van der Waals surface area (Å²) in [6, 6.07) is 15.2. The summed E-state index contributed by atoms with van der Waals surface area (Å²) in [5.74, 6) is 0.447. The molecular weight excluding hydrogens is 348 g/mol. The number of piperidine rings is 1. The quantitative estimate of drug-likeness (QED) is 0.829. The van der Waals surface area contributed by atoms with Crippen LogP contribution in [-0.4, -0.2) is 29.0 Å². The Morgan fingerprint density at radius 1 is 1.23 bits per heavy atom. The molecule has 0 unspecified atom stereocenters. The van der Waals surface area contributed by atoms with E-state index >= 15 is 0 Å². The fourth-order valence-corrected chi connectivity index (χ4v) is 3.63. The van der Waals surface area contributed by atoms with Crippen LogP contribution in [0, 0.1) is 5.92 Å². The summed E-state index contributed by atoms with van der Waals surface area (Å²) >= 11 is 6.02. The van der Waals surface area contributed by atoms with Crippen molar-refractivity contribution in [3.05, 3.63) is 64.7 Å². The number of phenolic OH excluding ortho intramolecular Hbond substituents is 1. The van der Waals surface area contributed by atoms with Crippen LogP contribution in [0.15, 0.2) is 48.5 Å². The summed E-state index contributed by atoms with van der Waals surface area (Å²) in [7, 11) is 0. The monoisotopic (exact) mass is 372 g/mol. The lowest BCUT2D eigenvalue weighted by atomic mass is 9.94.